The van der Waals surface area contributed by atoms with E-state index in [0.29, 0.717) is 53.1 Å². The van der Waals surface area contributed by atoms with Crippen molar-refractivity contribution in [1.82, 2.24) is 20.2 Å². The highest BCUT2D eigenvalue weighted by molar-refractivity contribution is 6.31. The zero-order chi connectivity index (χ0) is 24.5. The number of hydrogen-bond donors (Lipinski definition) is 3. The molecular formula is C25H23ClFN5O3. The van der Waals surface area contributed by atoms with Crippen LogP contribution in [0.3, 0.4) is 0 Å². The minimum atomic E-state index is -0.639. The molecule has 0 atom stereocenters. The lowest BCUT2D eigenvalue weighted by Crippen LogP contribution is -2.41. The van der Waals surface area contributed by atoms with E-state index in [4.69, 9.17) is 22.1 Å². The molecule has 1 fully saturated rings. The number of ether oxygens (including phenoxy) is 1. The molecule has 10 heteroatoms. The highest BCUT2D eigenvalue weighted by atomic mass is 35.5. The van der Waals surface area contributed by atoms with E-state index in [-0.39, 0.29) is 16.5 Å². The van der Waals surface area contributed by atoms with Gasteiger partial charge in [0.1, 0.15) is 5.82 Å². The second-order valence-electron chi connectivity index (χ2n) is 8.37. The molecule has 0 unspecified atom stereocenters. The number of hydrogen-bond acceptors (Lipinski definition) is 5. The first-order chi connectivity index (χ1) is 16.9. The summed E-state index contributed by atoms with van der Waals surface area (Å²) >= 11 is 5.94. The number of nitrogens with one attached hydrogen (secondary N) is 2. The lowest BCUT2D eigenvalue weighted by Gasteiger charge is -2.26. The molecule has 35 heavy (non-hydrogen) atoms. The molecule has 0 saturated carbocycles. The second kappa shape index (κ2) is 9.61. The normalized spacial score (nSPS) is 14.5. The van der Waals surface area contributed by atoms with Crippen LogP contribution in [0.2, 0.25) is 5.02 Å². The molecule has 0 aliphatic carbocycles. The molecule has 0 spiro atoms. The van der Waals surface area contributed by atoms with Crippen molar-refractivity contribution >= 4 is 45.4 Å². The quantitative estimate of drug-likeness (QED) is 0.379. The summed E-state index contributed by atoms with van der Waals surface area (Å²) in [5.74, 6) is -1.38. The number of nitrogens with two attached hydrogens (primary N) is 1. The number of pyridine rings is 1. The van der Waals surface area contributed by atoms with Crippen molar-refractivity contribution in [2.45, 2.75) is 0 Å². The van der Waals surface area contributed by atoms with Gasteiger partial charge in [-0.05, 0) is 42.5 Å². The van der Waals surface area contributed by atoms with Crippen LogP contribution in [0.15, 0.2) is 42.5 Å². The van der Waals surface area contributed by atoms with Gasteiger partial charge in [-0.3, -0.25) is 14.5 Å². The summed E-state index contributed by atoms with van der Waals surface area (Å²) in [5, 5.41) is 3.62. The number of carbonyl (C=O) groups is 2. The molecule has 2 aromatic carbocycles. The smallest absolute Gasteiger partial charge is 0.251 e. The molecule has 8 nitrogen and oxygen atoms in total. The number of H-pyrrole nitrogens is 1. The van der Waals surface area contributed by atoms with Crippen molar-refractivity contribution < 1.29 is 18.7 Å². The Morgan fingerprint density at radius 3 is 2.71 bits per heavy atom. The number of nitrogens with zero attached hydrogens (tertiary/aromatic N) is 2. The molecule has 1 aliphatic rings. The van der Waals surface area contributed by atoms with Gasteiger partial charge in [0.25, 0.3) is 11.8 Å². The fraction of sp³-hybridized carbons (Fsp3) is 0.240. The minimum Gasteiger partial charge on any atom is -0.379 e. The summed E-state index contributed by atoms with van der Waals surface area (Å²) in [6.07, 6.45) is 0. The standard InChI is InChI=1S/C25H23ClFN5O3/c26-18-11-14(2-4-19(18)27)20-13-17(24(28)33)23-22(30-20)16-3-1-15(12-21(16)31-23)25(34)29-5-6-32-7-9-35-10-8-32/h1-4,11-13,31H,5-10H2,(H2,28,33)(H,29,34). The van der Waals surface area contributed by atoms with Crippen LogP contribution in [0.5, 0.6) is 0 Å². The number of aromatic amines is 1. The number of aromatic nitrogens is 2. The number of benzene rings is 2. The van der Waals surface area contributed by atoms with Crippen molar-refractivity contribution in [1.29, 1.82) is 0 Å². The minimum absolute atomic E-state index is 0.0479. The molecule has 2 amide bonds. The van der Waals surface area contributed by atoms with Gasteiger partial charge in [0.2, 0.25) is 0 Å². The Morgan fingerprint density at radius 1 is 1.17 bits per heavy atom. The zero-order valence-electron chi connectivity index (χ0n) is 18.7. The van der Waals surface area contributed by atoms with Crippen molar-refractivity contribution in [2.75, 3.05) is 39.4 Å². The number of carbonyl (C=O) groups excluding carboxylic acids is 2. The van der Waals surface area contributed by atoms with E-state index in [1.807, 2.05) is 0 Å². The first-order valence-electron chi connectivity index (χ1n) is 11.2. The van der Waals surface area contributed by atoms with E-state index in [1.54, 1.807) is 24.3 Å². The predicted octanol–water partition coefficient (Wildman–Crippen LogP) is 3.34. The molecule has 180 valence electrons. The van der Waals surface area contributed by atoms with Gasteiger partial charge in [0.05, 0.1) is 40.5 Å². The summed E-state index contributed by atoms with van der Waals surface area (Å²) in [5.41, 5.74) is 8.97. The Morgan fingerprint density at radius 2 is 1.97 bits per heavy atom. The highest BCUT2D eigenvalue weighted by Crippen LogP contribution is 2.31. The van der Waals surface area contributed by atoms with E-state index in [0.717, 1.165) is 25.0 Å². The Balaban J connectivity index is 1.46. The van der Waals surface area contributed by atoms with E-state index in [9.17, 15) is 14.0 Å². The van der Waals surface area contributed by atoms with Crippen LogP contribution in [-0.4, -0.2) is 66.1 Å². The third-order valence-electron chi connectivity index (χ3n) is 6.11. The molecular weight excluding hydrogens is 473 g/mol. The summed E-state index contributed by atoms with van der Waals surface area (Å²) in [7, 11) is 0. The molecule has 0 radical (unpaired) electrons. The topological polar surface area (TPSA) is 113 Å². The van der Waals surface area contributed by atoms with Crippen LogP contribution in [-0.2, 0) is 4.74 Å². The van der Waals surface area contributed by atoms with Gasteiger partial charge in [0.15, 0.2) is 0 Å². The number of primary amides is 1. The van der Waals surface area contributed by atoms with E-state index >= 15 is 0 Å². The van der Waals surface area contributed by atoms with Gasteiger partial charge >= 0.3 is 0 Å². The zero-order valence-corrected chi connectivity index (χ0v) is 19.5. The van der Waals surface area contributed by atoms with Crippen LogP contribution >= 0.6 is 11.6 Å². The van der Waals surface area contributed by atoms with E-state index < -0.39 is 11.7 Å². The van der Waals surface area contributed by atoms with Gasteiger partial charge in [0, 0.05) is 48.2 Å². The molecule has 1 aliphatic heterocycles. The van der Waals surface area contributed by atoms with Crippen molar-refractivity contribution in [3.63, 3.8) is 0 Å². The number of rotatable bonds is 6. The molecule has 4 aromatic rings. The van der Waals surface area contributed by atoms with Gasteiger partial charge < -0.3 is 20.8 Å². The summed E-state index contributed by atoms with van der Waals surface area (Å²) in [4.78, 5) is 35.1. The molecule has 4 N–H and O–H groups in total. The third kappa shape index (κ3) is 4.70. The predicted molar refractivity (Wildman–Crippen MR) is 132 cm³/mol. The number of morpholine rings is 1. The molecule has 0 bridgehead atoms. The number of fused-ring (bicyclic) bond motifs is 3. The van der Waals surface area contributed by atoms with Crippen LogP contribution in [0.1, 0.15) is 20.7 Å². The van der Waals surface area contributed by atoms with Gasteiger partial charge in [-0.1, -0.05) is 11.6 Å². The fourth-order valence-corrected chi connectivity index (χ4v) is 4.43. The first kappa shape index (κ1) is 23.2. The van der Waals surface area contributed by atoms with E-state index in [2.05, 4.69) is 20.2 Å². The highest BCUT2D eigenvalue weighted by Gasteiger charge is 2.18. The molecule has 3 heterocycles. The monoisotopic (exact) mass is 495 g/mol. The summed E-state index contributed by atoms with van der Waals surface area (Å²) in [6, 6.07) is 11.0. The number of halogens is 2. The Kier molecular flexibility index (Phi) is 6.38. The van der Waals surface area contributed by atoms with Crippen LogP contribution in [0.4, 0.5) is 4.39 Å². The van der Waals surface area contributed by atoms with Crippen molar-refractivity contribution in [3.05, 3.63) is 64.4 Å². The molecule has 2 aromatic heterocycles. The average molecular weight is 496 g/mol. The molecule has 5 rings (SSSR count). The maximum atomic E-state index is 13.6. The maximum absolute atomic E-state index is 13.6. The largest absolute Gasteiger partial charge is 0.379 e. The van der Waals surface area contributed by atoms with Crippen molar-refractivity contribution in [2.24, 2.45) is 5.73 Å². The van der Waals surface area contributed by atoms with Gasteiger partial charge in [-0.2, -0.15) is 0 Å². The maximum Gasteiger partial charge on any atom is 0.251 e. The lowest BCUT2D eigenvalue weighted by atomic mass is 10.1. The Bertz CT molecular complexity index is 1450. The van der Waals surface area contributed by atoms with Gasteiger partial charge in [-0.15, -0.1) is 0 Å². The fourth-order valence-electron chi connectivity index (χ4n) is 4.25. The SMILES string of the molecule is NC(=O)c1cc(-c2ccc(F)c(Cl)c2)nc2c1[nH]c1cc(C(=O)NCCN3CCOCC3)ccc12. The third-order valence-corrected chi connectivity index (χ3v) is 6.40. The van der Waals surface area contributed by atoms with Crippen molar-refractivity contribution in [3.8, 4) is 11.3 Å². The van der Waals surface area contributed by atoms with E-state index in [1.165, 1.54) is 18.2 Å². The first-order valence-corrected chi connectivity index (χ1v) is 11.6. The average Bonchev–Trinajstić information content (AvgIpc) is 3.23. The Hall–Kier alpha value is -3.53. The number of amides is 2. The second-order valence-corrected chi connectivity index (χ2v) is 8.77. The van der Waals surface area contributed by atoms with Gasteiger partial charge in [-0.25, -0.2) is 9.37 Å². The van der Waals surface area contributed by atoms with Crippen LogP contribution < -0.4 is 11.1 Å². The lowest BCUT2D eigenvalue weighted by molar-refractivity contribution is 0.0383. The molecule has 1 saturated heterocycles. The van der Waals surface area contributed by atoms with Crippen LogP contribution in [0.25, 0.3) is 33.2 Å². The van der Waals surface area contributed by atoms with Crippen LogP contribution in [0, 0.1) is 5.82 Å². The Labute approximate surface area is 205 Å². The summed E-state index contributed by atoms with van der Waals surface area (Å²) < 4.78 is 19.0. The summed E-state index contributed by atoms with van der Waals surface area (Å²) in [6.45, 7) is 4.42.